The Balaban J connectivity index is -0.00000000750. The average Bonchev–Trinajstić information content (AvgIpc) is 1.72. The third-order valence-corrected chi connectivity index (χ3v) is 0.806. The van der Waals surface area contributed by atoms with Crippen molar-refractivity contribution in [3.8, 4) is 0 Å². The van der Waals surface area contributed by atoms with Crippen LogP contribution in [0, 0.1) is 58.1 Å². The van der Waals surface area contributed by atoms with Crippen molar-refractivity contribution in [1.29, 1.82) is 0 Å². The molecule has 0 saturated heterocycles. The molecule has 0 amide bonds. The van der Waals surface area contributed by atoms with Gasteiger partial charge in [-0.1, -0.05) is 6.42 Å². The monoisotopic (exact) mass is 240 g/mol. The third kappa shape index (κ3) is 40.3. The molecule has 0 atom stereocenters. The smallest absolute Gasteiger partial charge is 0 e. The van der Waals surface area contributed by atoms with Crippen LogP contribution in [0.4, 0.5) is 0 Å². The zero-order chi connectivity index (χ0) is 4.24. The van der Waals surface area contributed by atoms with E-state index in [-0.39, 0.29) is 69.1 Å². The third-order valence-electron chi connectivity index (χ3n) is 0.806. The Morgan fingerprint density at radius 1 is 0.786 bits per heavy atom. The van der Waals surface area contributed by atoms with Gasteiger partial charge in [0, 0.05) is 17.1 Å². The van der Waals surface area contributed by atoms with Crippen LogP contribution in [0.1, 0.15) is 12.8 Å². The van der Waals surface area contributed by atoms with Crippen LogP contribution in [0.3, 0.4) is 0 Å². The molecule has 0 bridgehead atoms. The van der Waals surface area contributed by atoms with E-state index in [2.05, 4.69) is 12.2 Å². The summed E-state index contributed by atoms with van der Waals surface area (Å²) in [4.78, 5) is 0. The molecule has 0 heterocycles. The molecule has 0 fully saturated rings. The van der Waals surface area contributed by atoms with Gasteiger partial charge in [0.2, 0.25) is 0 Å². The van der Waals surface area contributed by atoms with Gasteiger partial charge in [-0.15, -0.1) is 6.42 Å². The van der Waals surface area contributed by atoms with Gasteiger partial charge in [0.1, 0.15) is 0 Å². The van der Waals surface area contributed by atoms with Gasteiger partial charge in [-0.05, 0) is 0 Å². The van der Waals surface area contributed by atoms with E-state index in [1.165, 1.54) is 6.42 Å². The Hall–Kier alpha value is -0.000519. The largest absolute Gasteiger partial charge is 0.358 e. The molecule has 96 valence electrons. The minimum Gasteiger partial charge on any atom is -0.358 e. The summed E-state index contributed by atoms with van der Waals surface area (Å²) in [5.74, 6) is 0. The van der Waals surface area contributed by atoms with Crippen LogP contribution in [0.5, 0.6) is 0 Å². The molecule has 14 heavy (non-hydrogen) atoms. The van der Waals surface area contributed by atoms with E-state index in [1.54, 1.807) is 0 Å². The van der Waals surface area contributed by atoms with E-state index >= 15 is 0 Å². The Morgan fingerprint density at radius 2 is 1.21 bits per heavy atom. The van der Waals surface area contributed by atoms with Gasteiger partial charge in [0.05, 0.1) is 0 Å². The van der Waals surface area contributed by atoms with Gasteiger partial charge in [-0.2, -0.15) is 6.08 Å². The van der Waals surface area contributed by atoms with E-state index in [9.17, 15) is 0 Å². The molecule has 1 aliphatic carbocycles. The predicted molar refractivity (Wildman–Crippen MR) is 71.1 cm³/mol. The summed E-state index contributed by atoms with van der Waals surface area (Å²) in [6, 6.07) is 0. The van der Waals surface area contributed by atoms with Gasteiger partial charge < -0.3 is 52.0 Å². The van der Waals surface area contributed by atoms with E-state index in [0.29, 0.717) is 0 Å². The van der Waals surface area contributed by atoms with Gasteiger partial charge >= 0.3 is 0 Å². The zero-order valence-electron chi connectivity index (χ0n) is 11.0. The summed E-state index contributed by atoms with van der Waals surface area (Å²) in [6.45, 7) is 0. The van der Waals surface area contributed by atoms with Crippen LogP contribution in [0.15, 0.2) is 18.2 Å². The fraction of sp³-hybridized carbons (Fsp3) is 0.154. The number of rotatable bonds is 0. The molecule has 0 N–H and O–H groups in total. The summed E-state index contributed by atoms with van der Waals surface area (Å²) in [5.41, 5.74) is 0. The topological polar surface area (TPSA) is 0 Å². The van der Waals surface area contributed by atoms with Gasteiger partial charge in [-0.25, -0.2) is 12.2 Å². The van der Waals surface area contributed by atoms with Crippen molar-refractivity contribution in [2.45, 2.75) is 12.8 Å². The first-order chi connectivity index (χ1) is 3.00. The number of hydrogen-bond donors (Lipinski definition) is 0. The molecule has 0 aromatic heterocycles. The Bertz CT molecular complexity index is 71.2. The normalized spacial score (nSPS) is 8.00. The maximum absolute atomic E-state index is 3.07. The fourth-order valence-corrected chi connectivity index (χ4v) is 0.482. The van der Waals surface area contributed by atoms with Crippen LogP contribution < -0.4 is 0 Å². The molecule has 1 heteroatoms. The first-order valence-electron chi connectivity index (χ1n) is 2.22. The van der Waals surface area contributed by atoms with Crippen molar-refractivity contribution in [3.05, 3.63) is 76.3 Å². The molecule has 0 unspecified atom stereocenters. The standard InChI is InChI=1S/C6H7.7CH3.Fe/c1-2-4-6-5-3-1;;;;;;;;/h1-3H,4,6H2;7*1H3;/q8*-1;. The van der Waals surface area contributed by atoms with Gasteiger partial charge in [0.25, 0.3) is 0 Å². The maximum Gasteiger partial charge on any atom is 0 e. The molecule has 0 spiro atoms. The van der Waals surface area contributed by atoms with Gasteiger partial charge in [0.15, 0.2) is 0 Å². The van der Waals surface area contributed by atoms with Crippen LogP contribution >= 0.6 is 0 Å². The summed E-state index contributed by atoms with van der Waals surface area (Å²) in [6.07, 6.45) is 11.5. The fourth-order valence-electron chi connectivity index (χ4n) is 0.482. The van der Waals surface area contributed by atoms with E-state index in [4.69, 9.17) is 0 Å². The van der Waals surface area contributed by atoms with Crippen molar-refractivity contribution >= 4 is 0 Å². The van der Waals surface area contributed by atoms with Crippen LogP contribution in [0.25, 0.3) is 0 Å². The van der Waals surface area contributed by atoms with Crippen LogP contribution in [0.2, 0.25) is 0 Å². The molecule has 1 aliphatic rings. The summed E-state index contributed by atoms with van der Waals surface area (Å²) >= 11 is 0. The number of allylic oxidation sites excluding steroid dienone is 4. The van der Waals surface area contributed by atoms with Crippen LogP contribution in [-0.2, 0) is 17.1 Å². The van der Waals surface area contributed by atoms with Crippen molar-refractivity contribution < 1.29 is 17.1 Å². The molecule has 0 aromatic rings. The first kappa shape index (κ1) is 65.7. The van der Waals surface area contributed by atoms with Crippen molar-refractivity contribution in [3.63, 3.8) is 0 Å². The maximum atomic E-state index is 3.07. The minimum absolute atomic E-state index is 0. The summed E-state index contributed by atoms with van der Waals surface area (Å²) in [5, 5.41) is 0. The molecule has 0 aliphatic heterocycles. The first-order valence-corrected chi connectivity index (χ1v) is 2.22. The van der Waals surface area contributed by atoms with E-state index < -0.39 is 0 Å². The molecule has 1 rings (SSSR count). The number of hydrogen-bond acceptors (Lipinski definition) is 0. The van der Waals surface area contributed by atoms with E-state index in [1.807, 2.05) is 12.2 Å². The molecule has 0 nitrogen and oxygen atoms in total. The Labute approximate surface area is 106 Å². The Morgan fingerprint density at radius 3 is 1.29 bits per heavy atom. The zero-order valence-corrected chi connectivity index (χ0v) is 12.1. The van der Waals surface area contributed by atoms with E-state index in [0.717, 1.165) is 6.42 Å². The van der Waals surface area contributed by atoms with Crippen LogP contribution in [-0.4, -0.2) is 0 Å². The summed E-state index contributed by atoms with van der Waals surface area (Å²) in [7, 11) is 0. The second-order valence-electron chi connectivity index (χ2n) is 1.34. The second kappa shape index (κ2) is 52.0. The SMILES string of the molecule is [C-]1=CC=CCC1.[CH3-].[CH3-].[CH3-].[CH3-].[CH3-].[CH3-].[CH3-].[Fe]. The summed E-state index contributed by atoms with van der Waals surface area (Å²) < 4.78 is 0. The van der Waals surface area contributed by atoms with Gasteiger partial charge in [-0.3, -0.25) is 6.08 Å². The average molecular weight is 240 g/mol. The quantitative estimate of drug-likeness (QED) is 0.419. The molecule has 0 aromatic carbocycles. The van der Waals surface area contributed by atoms with Crippen molar-refractivity contribution in [2.24, 2.45) is 0 Å². The molecular weight excluding hydrogens is 212 g/mol. The second-order valence-corrected chi connectivity index (χ2v) is 1.34. The molecular formula is C13H28Fe-8. The molecule has 0 saturated carbocycles. The minimum atomic E-state index is 0. The Kier molecular flexibility index (Phi) is 244. The van der Waals surface area contributed by atoms with Crippen molar-refractivity contribution in [2.75, 3.05) is 0 Å². The predicted octanol–water partition coefficient (Wildman–Crippen LogP) is 4.85. The van der Waals surface area contributed by atoms with Crippen molar-refractivity contribution in [1.82, 2.24) is 0 Å². The molecule has 0 radical (unpaired) electrons.